The molecule has 0 heterocycles. The zero-order chi connectivity index (χ0) is 9.84. The first-order chi connectivity index (χ1) is 6.15. The molecule has 1 atom stereocenters. The molecular weight excluding hydrogens is 171 g/mol. The number of hydrogen-bond donors (Lipinski definition) is 1. The average molecular weight is 182 g/mol. The molecule has 1 aromatic carbocycles. The molecule has 0 saturated carbocycles. The van der Waals surface area contributed by atoms with Gasteiger partial charge < -0.3 is 9.90 Å². The first kappa shape index (κ1) is 9.86. The Morgan fingerprint density at radius 3 is 2.92 bits per heavy atom. The molecule has 2 nitrogen and oxygen atoms in total. The standard InChI is InChI=1S/C10H11FO2/c1-7-2-3-9(11)8(6-7)10(13)4-5-12/h2-3,5-6,10,13H,4H2,1H3. The van der Waals surface area contributed by atoms with Gasteiger partial charge in [-0.25, -0.2) is 4.39 Å². The number of carbonyl (C=O) groups is 1. The van der Waals surface area contributed by atoms with Crippen LogP contribution in [0.2, 0.25) is 0 Å². The lowest BCUT2D eigenvalue weighted by Crippen LogP contribution is -2.01. The van der Waals surface area contributed by atoms with Gasteiger partial charge in [-0.3, -0.25) is 0 Å². The molecule has 1 unspecified atom stereocenters. The van der Waals surface area contributed by atoms with Crippen LogP contribution in [0.5, 0.6) is 0 Å². The van der Waals surface area contributed by atoms with Crippen molar-refractivity contribution in [2.75, 3.05) is 0 Å². The molecule has 0 aliphatic carbocycles. The predicted octanol–water partition coefficient (Wildman–Crippen LogP) is 1.76. The first-order valence-electron chi connectivity index (χ1n) is 4.03. The summed E-state index contributed by atoms with van der Waals surface area (Å²) in [4.78, 5) is 10.1. The van der Waals surface area contributed by atoms with Crippen LogP contribution in [0, 0.1) is 12.7 Å². The summed E-state index contributed by atoms with van der Waals surface area (Å²) in [6.45, 7) is 1.80. The maximum Gasteiger partial charge on any atom is 0.129 e. The van der Waals surface area contributed by atoms with E-state index in [1.165, 1.54) is 6.07 Å². The molecule has 1 aromatic rings. The summed E-state index contributed by atoms with van der Waals surface area (Å²) in [6.07, 6.45) is -0.523. The maximum absolute atomic E-state index is 13.1. The van der Waals surface area contributed by atoms with E-state index >= 15 is 0 Å². The second-order valence-electron chi connectivity index (χ2n) is 2.94. The fourth-order valence-corrected chi connectivity index (χ4v) is 1.14. The first-order valence-corrected chi connectivity index (χ1v) is 4.03. The summed E-state index contributed by atoms with van der Waals surface area (Å²) >= 11 is 0. The Kier molecular flexibility index (Phi) is 3.14. The molecule has 70 valence electrons. The lowest BCUT2D eigenvalue weighted by Gasteiger charge is -2.09. The van der Waals surface area contributed by atoms with E-state index in [0.29, 0.717) is 6.29 Å². The van der Waals surface area contributed by atoms with Gasteiger partial charge in [-0.15, -0.1) is 0 Å². The van der Waals surface area contributed by atoms with Crippen molar-refractivity contribution >= 4 is 6.29 Å². The Bertz CT molecular complexity index is 310. The minimum atomic E-state index is -1.03. The number of rotatable bonds is 3. The number of aryl methyl sites for hydroxylation is 1. The predicted molar refractivity (Wildman–Crippen MR) is 46.8 cm³/mol. The third-order valence-electron chi connectivity index (χ3n) is 1.83. The van der Waals surface area contributed by atoms with Crippen LogP contribution in [0.25, 0.3) is 0 Å². The lowest BCUT2D eigenvalue weighted by molar-refractivity contribution is -0.109. The monoisotopic (exact) mass is 182 g/mol. The Morgan fingerprint density at radius 1 is 1.62 bits per heavy atom. The van der Waals surface area contributed by atoms with Gasteiger partial charge >= 0.3 is 0 Å². The SMILES string of the molecule is Cc1ccc(F)c(C(O)CC=O)c1. The second kappa shape index (κ2) is 4.14. The molecule has 13 heavy (non-hydrogen) atoms. The third-order valence-corrected chi connectivity index (χ3v) is 1.83. The van der Waals surface area contributed by atoms with Crippen LogP contribution in [0.4, 0.5) is 4.39 Å². The van der Waals surface area contributed by atoms with E-state index in [0.717, 1.165) is 5.56 Å². The van der Waals surface area contributed by atoms with Crippen LogP contribution in [-0.2, 0) is 4.79 Å². The highest BCUT2D eigenvalue weighted by molar-refractivity contribution is 5.51. The molecule has 0 aliphatic rings. The van der Waals surface area contributed by atoms with Gasteiger partial charge in [-0.1, -0.05) is 17.7 Å². The topological polar surface area (TPSA) is 37.3 Å². The quantitative estimate of drug-likeness (QED) is 0.723. The van der Waals surface area contributed by atoms with Gasteiger partial charge in [0.05, 0.1) is 6.10 Å². The normalized spacial score (nSPS) is 12.5. The van der Waals surface area contributed by atoms with Crippen LogP contribution < -0.4 is 0 Å². The molecule has 3 heteroatoms. The molecule has 0 fully saturated rings. The summed E-state index contributed by atoms with van der Waals surface area (Å²) in [7, 11) is 0. The van der Waals surface area contributed by atoms with Crippen molar-refractivity contribution in [1.29, 1.82) is 0 Å². The van der Waals surface area contributed by atoms with Crippen LogP contribution in [0.1, 0.15) is 23.7 Å². The molecule has 0 aromatic heterocycles. The van der Waals surface area contributed by atoms with E-state index in [1.54, 1.807) is 19.1 Å². The summed E-state index contributed by atoms with van der Waals surface area (Å²) in [5.74, 6) is -0.472. The van der Waals surface area contributed by atoms with Gasteiger partial charge in [0.2, 0.25) is 0 Å². The van der Waals surface area contributed by atoms with Gasteiger partial charge in [0.15, 0.2) is 0 Å². The third kappa shape index (κ3) is 2.36. The molecule has 1 N–H and O–H groups in total. The maximum atomic E-state index is 13.1. The average Bonchev–Trinajstić information content (AvgIpc) is 2.09. The van der Waals surface area contributed by atoms with E-state index < -0.39 is 11.9 Å². The number of aliphatic hydroxyl groups excluding tert-OH is 1. The number of carbonyl (C=O) groups excluding carboxylic acids is 1. The van der Waals surface area contributed by atoms with E-state index in [2.05, 4.69) is 0 Å². The fraction of sp³-hybridized carbons (Fsp3) is 0.300. The number of benzene rings is 1. The van der Waals surface area contributed by atoms with Crippen LogP contribution in [-0.4, -0.2) is 11.4 Å². The molecule has 0 bridgehead atoms. The Morgan fingerprint density at radius 2 is 2.31 bits per heavy atom. The highest BCUT2D eigenvalue weighted by Gasteiger charge is 2.11. The van der Waals surface area contributed by atoms with Crippen molar-refractivity contribution < 1.29 is 14.3 Å². The number of hydrogen-bond acceptors (Lipinski definition) is 2. The molecular formula is C10H11FO2. The molecule has 0 saturated heterocycles. The van der Waals surface area contributed by atoms with Crippen molar-refractivity contribution in [3.05, 3.63) is 35.1 Å². The second-order valence-corrected chi connectivity index (χ2v) is 2.94. The summed E-state index contributed by atoms with van der Waals surface area (Å²) in [5, 5.41) is 9.35. The molecule has 0 amide bonds. The minimum absolute atomic E-state index is 0.0691. The van der Waals surface area contributed by atoms with Gasteiger partial charge in [-0.05, 0) is 13.0 Å². The van der Waals surface area contributed by atoms with Crippen molar-refractivity contribution in [3.8, 4) is 0 Å². The van der Waals surface area contributed by atoms with E-state index in [9.17, 15) is 14.3 Å². The zero-order valence-corrected chi connectivity index (χ0v) is 7.33. The smallest absolute Gasteiger partial charge is 0.129 e. The number of halogens is 1. The highest BCUT2D eigenvalue weighted by atomic mass is 19.1. The van der Waals surface area contributed by atoms with Crippen molar-refractivity contribution in [2.24, 2.45) is 0 Å². The van der Waals surface area contributed by atoms with Crippen molar-refractivity contribution in [3.63, 3.8) is 0 Å². The van der Waals surface area contributed by atoms with E-state index in [4.69, 9.17) is 0 Å². The molecule has 0 aliphatic heterocycles. The largest absolute Gasteiger partial charge is 0.388 e. The summed E-state index contributed by atoms with van der Waals surface area (Å²) < 4.78 is 13.1. The lowest BCUT2D eigenvalue weighted by atomic mass is 10.0. The Hall–Kier alpha value is -1.22. The summed E-state index contributed by atoms with van der Waals surface area (Å²) in [6, 6.07) is 4.45. The molecule has 0 radical (unpaired) electrons. The van der Waals surface area contributed by atoms with Gasteiger partial charge in [-0.2, -0.15) is 0 Å². The van der Waals surface area contributed by atoms with Crippen molar-refractivity contribution in [2.45, 2.75) is 19.4 Å². The summed E-state index contributed by atoms with van der Waals surface area (Å²) in [5.41, 5.74) is 1.05. The Balaban J connectivity index is 2.97. The highest BCUT2D eigenvalue weighted by Crippen LogP contribution is 2.20. The zero-order valence-electron chi connectivity index (χ0n) is 7.33. The molecule has 0 spiro atoms. The van der Waals surface area contributed by atoms with Gasteiger partial charge in [0.1, 0.15) is 12.1 Å². The number of aldehydes is 1. The van der Waals surface area contributed by atoms with Crippen molar-refractivity contribution in [1.82, 2.24) is 0 Å². The Labute approximate surface area is 76.0 Å². The minimum Gasteiger partial charge on any atom is -0.388 e. The number of aliphatic hydroxyl groups is 1. The van der Waals surface area contributed by atoms with Gasteiger partial charge in [0.25, 0.3) is 0 Å². The van der Waals surface area contributed by atoms with Crippen LogP contribution in [0.15, 0.2) is 18.2 Å². The molecule has 1 rings (SSSR count). The van der Waals surface area contributed by atoms with Crippen LogP contribution >= 0.6 is 0 Å². The van der Waals surface area contributed by atoms with E-state index in [-0.39, 0.29) is 12.0 Å². The van der Waals surface area contributed by atoms with Crippen LogP contribution in [0.3, 0.4) is 0 Å². The van der Waals surface area contributed by atoms with E-state index in [1.807, 2.05) is 0 Å². The fourth-order valence-electron chi connectivity index (χ4n) is 1.14. The van der Waals surface area contributed by atoms with Gasteiger partial charge in [0, 0.05) is 12.0 Å².